The summed E-state index contributed by atoms with van der Waals surface area (Å²) in [4.78, 5) is 26.7. The number of anilines is 1. The zero-order chi connectivity index (χ0) is 21.2. The molecule has 3 aromatic rings. The molecule has 3 rings (SSSR count). The van der Waals surface area contributed by atoms with Gasteiger partial charge in [0.25, 0.3) is 5.91 Å². The van der Waals surface area contributed by atoms with E-state index in [4.69, 9.17) is 9.47 Å². The third-order valence-corrected chi connectivity index (χ3v) is 4.49. The van der Waals surface area contributed by atoms with Crippen LogP contribution >= 0.6 is 0 Å². The Morgan fingerprint density at radius 2 is 1.57 bits per heavy atom. The molecule has 30 heavy (non-hydrogen) atoms. The van der Waals surface area contributed by atoms with Crippen LogP contribution < -0.4 is 9.64 Å². The predicted octanol–water partition coefficient (Wildman–Crippen LogP) is 4.87. The molecule has 0 N–H and O–H groups in total. The fraction of sp³-hybridized carbons (Fsp3) is 0.200. The lowest BCUT2D eigenvalue weighted by atomic mass is 10.1. The molecule has 0 aliphatic rings. The van der Waals surface area contributed by atoms with Gasteiger partial charge in [-0.3, -0.25) is 9.59 Å². The standard InChI is InChI=1S/C25H25NO4/c1-2-29-24(27)16-17-26(22-13-7-4-8-14-22)25(28)21-12-9-15-23(18-21)30-19-20-10-5-3-6-11-20/h3-15,18H,2,16-17,19H2,1H3. The van der Waals surface area contributed by atoms with Gasteiger partial charge in [-0.2, -0.15) is 0 Å². The van der Waals surface area contributed by atoms with Gasteiger partial charge in [0.2, 0.25) is 0 Å². The normalized spacial score (nSPS) is 10.3. The number of benzene rings is 3. The Labute approximate surface area is 176 Å². The van der Waals surface area contributed by atoms with E-state index >= 15 is 0 Å². The van der Waals surface area contributed by atoms with Crippen molar-refractivity contribution >= 4 is 17.6 Å². The van der Waals surface area contributed by atoms with E-state index in [9.17, 15) is 9.59 Å². The summed E-state index contributed by atoms with van der Waals surface area (Å²) < 4.78 is 10.9. The molecule has 0 spiro atoms. The van der Waals surface area contributed by atoms with Crippen molar-refractivity contribution in [3.8, 4) is 5.75 Å². The summed E-state index contributed by atoms with van der Waals surface area (Å²) in [5.74, 6) is 0.0879. The van der Waals surface area contributed by atoms with Gasteiger partial charge in [0, 0.05) is 17.8 Å². The van der Waals surface area contributed by atoms with E-state index in [0.29, 0.717) is 24.5 Å². The highest BCUT2D eigenvalue weighted by atomic mass is 16.5. The number of amides is 1. The predicted molar refractivity (Wildman–Crippen MR) is 117 cm³/mol. The first-order valence-corrected chi connectivity index (χ1v) is 9.96. The van der Waals surface area contributed by atoms with E-state index in [1.807, 2.05) is 66.7 Å². The molecule has 5 nitrogen and oxygen atoms in total. The van der Waals surface area contributed by atoms with Gasteiger partial charge in [0.05, 0.1) is 13.0 Å². The van der Waals surface area contributed by atoms with Gasteiger partial charge in [-0.25, -0.2) is 0 Å². The van der Waals surface area contributed by atoms with Gasteiger partial charge in [-0.1, -0.05) is 54.6 Å². The van der Waals surface area contributed by atoms with Crippen molar-refractivity contribution in [3.05, 3.63) is 96.1 Å². The number of esters is 1. The molecular weight excluding hydrogens is 378 g/mol. The van der Waals surface area contributed by atoms with Gasteiger partial charge < -0.3 is 14.4 Å². The van der Waals surface area contributed by atoms with Crippen LogP contribution in [0.5, 0.6) is 5.75 Å². The maximum atomic E-state index is 13.3. The summed E-state index contributed by atoms with van der Waals surface area (Å²) in [6.07, 6.45) is 0.124. The number of hydrogen-bond donors (Lipinski definition) is 0. The minimum absolute atomic E-state index is 0.124. The number of hydrogen-bond acceptors (Lipinski definition) is 4. The molecule has 0 aliphatic carbocycles. The van der Waals surface area contributed by atoms with Crippen LogP contribution in [-0.4, -0.2) is 25.0 Å². The Morgan fingerprint density at radius 3 is 2.27 bits per heavy atom. The van der Waals surface area contributed by atoms with E-state index in [-0.39, 0.29) is 24.8 Å². The van der Waals surface area contributed by atoms with Crippen LogP contribution in [0.3, 0.4) is 0 Å². The fourth-order valence-corrected chi connectivity index (χ4v) is 3.01. The van der Waals surface area contributed by atoms with Gasteiger partial charge in [0.15, 0.2) is 0 Å². The second-order valence-corrected chi connectivity index (χ2v) is 6.65. The van der Waals surface area contributed by atoms with Crippen molar-refractivity contribution in [2.45, 2.75) is 20.0 Å². The quantitative estimate of drug-likeness (QED) is 0.479. The molecule has 0 fully saturated rings. The lowest BCUT2D eigenvalue weighted by Gasteiger charge is -2.23. The highest BCUT2D eigenvalue weighted by molar-refractivity contribution is 6.06. The largest absolute Gasteiger partial charge is 0.489 e. The van der Waals surface area contributed by atoms with Crippen LogP contribution in [0.25, 0.3) is 0 Å². The van der Waals surface area contributed by atoms with E-state index < -0.39 is 0 Å². The Bertz CT molecular complexity index is 957. The summed E-state index contributed by atoms with van der Waals surface area (Å²) in [6, 6.07) is 26.2. The number of para-hydroxylation sites is 1. The van der Waals surface area contributed by atoms with Crippen LogP contribution in [0.4, 0.5) is 5.69 Å². The second kappa shape index (κ2) is 10.8. The van der Waals surface area contributed by atoms with E-state index in [1.54, 1.807) is 30.0 Å². The fourth-order valence-electron chi connectivity index (χ4n) is 3.01. The van der Waals surface area contributed by atoms with Crippen molar-refractivity contribution in [2.75, 3.05) is 18.1 Å². The molecule has 0 saturated carbocycles. The molecule has 5 heteroatoms. The molecule has 0 bridgehead atoms. The number of carbonyl (C=O) groups excluding carboxylic acids is 2. The zero-order valence-electron chi connectivity index (χ0n) is 17.0. The number of rotatable bonds is 9. The average molecular weight is 403 g/mol. The SMILES string of the molecule is CCOC(=O)CCN(C(=O)c1cccc(OCc2ccccc2)c1)c1ccccc1. The summed E-state index contributed by atoms with van der Waals surface area (Å²) in [6.45, 7) is 2.73. The summed E-state index contributed by atoms with van der Waals surface area (Å²) in [7, 11) is 0. The summed E-state index contributed by atoms with van der Waals surface area (Å²) in [5, 5.41) is 0. The first-order chi connectivity index (χ1) is 14.7. The molecule has 0 atom stereocenters. The molecule has 0 radical (unpaired) electrons. The Morgan fingerprint density at radius 1 is 0.867 bits per heavy atom. The smallest absolute Gasteiger partial charge is 0.307 e. The maximum Gasteiger partial charge on any atom is 0.307 e. The van der Waals surface area contributed by atoms with Crippen LogP contribution in [0, 0.1) is 0 Å². The highest BCUT2D eigenvalue weighted by Crippen LogP contribution is 2.21. The van der Waals surface area contributed by atoms with E-state index in [1.165, 1.54) is 0 Å². The first kappa shape index (κ1) is 21.1. The molecule has 3 aromatic carbocycles. The first-order valence-electron chi connectivity index (χ1n) is 9.96. The monoisotopic (exact) mass is 403 g/mol. The molecule has 0 saturated heterocycles. The Balaban J connectivity index is 1.75. The molecule has 0 unspecified atom stereocenters. The molecule has 0 aromatic heterocycles. The zero-order valence-corrected chi connectivity index (χ0v) is 17.0. The topological polar surface area (TPSA) is 55.8 Å². The third kappa shape index (κ3) is 5.95. The van der Waals surface area contributed by atoms with Gasteiger partial charge in [-0.05, 0) is 42.8 Å². The summed E-state index contributed by atoms with van der Waals surface area (Å²) >= 11 is 0. The number of nitrogens with zero attached hydrogens (tertiary/aromatic N) is 1. The van der Waals surface area contributed by atoms with Crippen LogP contribution in [0.1, 0.15) is 29.3 Å². The van der Waals surface area contributed by atoms with Gasteiger partial charge in [-0.15, -0.1) is 0 Å². The molecular formula is C25H25NO4. The molecule has 0 aliphatic heterocycles. The van der Waals surface area contributed by atoms with Crippen molar-refractivity contribution < 1.29 is 19.1 Å². The van der Waals surface area contributed by atoms with Crippen LogP contribution in [0.15, 0.2) is 84.9 Å². The lowest BCUT2D eigenvalue weighted by molar-refractivity contribution is -0.142. The van der Waals surface area contributed by atoms with Crippen molar-refractivity contribution in [1.29, 1.82) is 0 Å². The van der Waals surface area contributed by atoms with E-state index in [0.717, 1.165) is 11.3 Å². The second-order valence-electron chi connectivity index (χ2n) is 6.65. The minimum Gasteiger partial charge on any atom is -0.489 e. The van der Waals surface area contributed by atoms with Crippen LogP contribution in [0.2, 0.25) is 0 Å². The Hall–Kier alpha value is -3.60. The Kier molecular flexibility index (Phi) is 7.61. The average Bonchev–Trinajstić information content (AvgIpc) is 2.79. The third-order valence-electron chi connectivity index (χ3n) is 4.49. The minimum atomic E-state index is -0.328. The maximum absolute atomic E-state index is 13.3. The lowest BCUT2D eigenvalue weighted by Crippen LogP contribution is -2.33. The summed E-state index contributed by atoms with van der Waals surface area (Å²) in [5.41, 5.74) is 2.27. The number of ether oxygens (including phenoxy) is 2. The van der Waals surface area contributed by atoms with Gasteiger partial charge >= 0.3 is 5.97 Å². The number of carbonyl (C=O) groups is 2. The molecule has 1 amide bonds. The molecule has 0 heterocycles. The highest BCUT2D eigenvalue weighted by Gasteiger charge is 2.19. The molecule has 154 valence electrons. The van der Waals surface area contributed by atoms with Crippen molar-refractivity contribution in [1.82, 2.24) is 0 Å². The van der Waals surface area contributed by atoms with Crippen LogP contribution in [-0.2, 0) is 16.1 Å². The van der Waals surface area contributed by atoms with Crippen molar-refractivity contribution in [2.24, 2.45) is 0 Å². The van der Waals surface area contributed by atoms with E-state index in [2.05, 4.69) is 0 Å². The van der Waals surface area contributed by atoms with Crippen molar-refractivity contribution in [3.63, 3.8) is 0 Å². The van der Waals surface area contributed by atoms with Gasteiger partial charge in [0.1, 0.15) is 12.4 Å².